The molecule has 4 nitrogen and oxygen atoms in total. The third-order valence-corrected chi connectivity index (χ3v) is 3.88. The fraction of sp³-hybridized carbons (Fsp3) is 0.733. The van der Waals surface area contributed by atoms with Gasteiger partial charge in [-0.25, -0.2) is 9.97 Å². The number of aliphatic hydroxyl groups excluding tert-OH is 1. The SMILES string of the molecule is Cc1cc(NC2CCCC2CCO)nc(C(C)C)n1. The van der Waals surface area contributed by atoms with Gasteiger partial charge in [0.25, 0.3) is 0 Å². The fourth-order valence-electron chi connectivity index (χ4n) is 2.85. The Kier molecular flexibility index (Phi) is 4.75. The van der Waals surface area contributed by atoms with Crippen molar-refractivity contribution in [3.63, 3.8) is 0 Å². The number of nitrogens with one attached hydrogen (secondary N) is 1. The van der Waals surface area contributed by atoms with Gasteiger partial charge in [-0.2, -0.15) is 0 Å². The predicted molar refractivity (Wildman–Crippen MR) is 77.3 cm³/mol. The molecule has 2 unspecified atom stereocenters. The third-order valence-electron chi connectivity index (χ3n) is 3.88. The number of aromatic nitrogens is 2. The summed E-state index contributed by atoms with van der Waals surface area (Å²) in [6.07, 6.45) is 4.51. The van der Waals surface area contributed by atoms with E-state index in [0.717, 1.165) is 23.8 Å². The van der Waals surface area contributed by atoms with Gasteiger partial charge >= 0.3 is 0 Å². The quantitative estimate of drug-likeness (QED) is 0.857. The highest BCUT2D eigenvalue weighted by Crippen LogP contribution is 2.30. The molecule has 1 saturated carbocycles. The second-order valence-corrected chi connectivity index (χ2v) is 5.86. The summed E-state index contributed by atoms with van der Waals surface area (Å²) in [6, 6.07) is 2.46. The molecular formula is C15H25N3O. The van der Waals surface area contributed by atoms with E-state index in [-0.39, 0.29) is 6.61 Å². The van der Waals surface area contributed by atoms with E-state index in [1.807, 2.05) is 13.0 Å². The molecule has 2 N–H and O–H groups in total. The largest absolute Gasteiger partial charge is 0.396 e. The Balaban J connectivity index is 2.09. The Bertz CT molecular complexity index is 420. The molecular weight excluding hydrogens is 238 g/mol. The van der Waals surface area contributed by atoms with E-state index >= 15 is 0 Å². The highest BCUT2D eigenvalue weighted by Gasteiger charge is 2.27. The van der Waals surface area contributed by atoms with Crippen molar-refractivity contribution >= 4 is 5.82 Å². The molecule has 1 aromatic rings. The molecule has 4 heteroatoms. The molecule has 0 spiro atoms. The van der Waals surface area contributed by atoms with Crippen molar-refractivity contribution in [2.24, 2.45) is 5.92 Å². The standard InChI is InChI=1S/C15H25N3O/c1-10(2)15-16-11(3)9-14(18-15)17-13-6-4-5-12(13)7-8-19/h9-10,12-13,19H,4-8H2,1-3H3,(H,16,17,18). The molecule has 1 aliphatic rings. The molecule has 106 valence electrons. The van der Waals surface area contributed by atoms with Crippen molar-refractivity contribution in [1.29, 1.82) is 0 Å². The minimum atomic E-state index is 0.281. The van der Waals surface area contributed by atoms with E-state index in [9.17, 15) is 0 Å². The Hall–Kier alpha value is -1.16. The summed E-state index contributed by atoms with van der Waals surface area (Å²) in [5, 5.41) is 12.7. The molecule has 19 heavy (non-hydrogen) atoms. The first-order chi connectivity index (χ1) is 9.10. The number of hydrogen-bond acceptors (Lipinski definition) is 4. The monoisotopic (exact) mass is 263 g/mol. The van der Waals surface area contributed by atoms with Crippen LogP contribution in [0.15, 0.2) is 6.07 Å². The van der Waals surface area contributed by atoms with Gasteiger partial charge in [0.15, 0.2) is 0 Å². The summed E-state index contributed by atoms with van der Waals surface area (Å²) in [6.45, 7) is 6.52. The van der Waals surface area contributed by atoms with Crippen LogP contribution in [-0.2, 0) is 0 Å². The van der Waals surface area contributed by atoms with E-state index < -0.39 is 0 Å². The molecule has 0 bridgehead atoms. The van der Waals surface area contributed by atoms with Gasteiger partial charge in [-0.1, -0.05) is 20.3 Å². The van der Waals surface area contributed by atoms with Crippen molar-refractivity contribution in [3.05, 3.63) is 17.6 Å². The van der Waals surface area contributed by atoms with Gasteiger partial charge in [0, 0.05) is 30.3 Å². The summed E-state index contributed by atoms with van der Waals surface area (Å²) in [5.74, 6) is 2.75. The molecule has 2 rings (SSSR count). The average Bonchev–Trinajstić information content (AvgIpc) is 2.76. The lowest BCUT2D eigenvalue weighted by molar-refractivity contribution is 0.254. The molecule has 1 aromatic heterocycles. The van der Waals surface area contributed by atoms with Crippen molar-refractivity contribution in [2.45, 2.75) is 58.4 Å². The van der Waals surface area contributed by atoms with E-state index in [1.165, 1.54) is 19.3 Å². The van der Waals surface area contributed by atoms with Crippen LogP contribution in [0.4, 0.5) is 5.82 Å². The van der Waals surface area contributed by atoms with Crippen molar-refractivity contribution in [3.8, 4) is 0 Å². The average molecular weight is 263 g/mol. The minimum absolute atomic E-state index is 0.281. The highest BCUT2D eigenvalue weighted by atomic mass is 16.3. The van der Waals surface area contributed by atoms with Crippen LogP contribution in [0.5, 0.6) is 0 Å². The molecule has 0 aromatic carbocycles. The van der Waals surface area contributed by atoms with Crippen LogP contribution < -0.4 is 5.32 Å². The van der Waals surface area contributed by atoms with Gasteiger partial charge in [-0.05, 0) is 32.1 Å². The zero-order chi connectivity index (χ0) is 13.8. The van der Waals surface area contributed by atoms with Gasteiger partial charge in [-0.3, -0.25) is 0 Å². The van der Waals surface area contributed by atoms with Crippen LogP contribution in [0.3, 0.4) is 0 Å². The minimum Gasteiger partial charge on any atom is -0.396 e. The van der Waals surface area contributed by atoms with Crippen LogP contribution in [0.1, 0.15) is 57.0 Å². The number of anilines is 1. The van der Waals surface area contributed by atoms with E-state index in [2.05, 4.69) is 29.1 Å². The van der Waals surface area contributed by atoms with E-state index in [0.29, 0.717) is 17.9 Å². The van der Waals surface area contributed by atoms with Crippen LogP contribution in [0.2, 0.25) is 0 Å². The van der Waals surface area contributed by atoms with Crippen LogP contribution in [0.25, 0.3) is 0 Å². The third kappa shape index (κ3) is 3.66. The number of nitrogens with zero attached hydrogens (tertiary/aromatic N) is 2. The summed E-state index contributed by atoms with van der Waals surface area (Å²) < 4.78 is 0. The summed E-state index contributed by atoms with van der Waals surface area (Å²) in [7, 11) is 0. The lowest BCUT2D eigenvalue weighted by Gasteiger charge is -2.21. The molecule has 1 aliphatic carbocycles. The molecule has 1 heterocycles. The zero-order valence-corrected chi connectivity index (χ0v) is 12.2. The lowest BCUT2D eigenvalue weighted by Crippen LogP contribution is -2.25. The molecule has 0 saturated heterocycles. The summed E-state index contributed by atoms with van der Waals surface area (Å²) >= 11 is 0. The Morgan fingerprint density at radius 3 is 2.84 bits per heavy atom. The number of rotatable bonds is 5. The lowest BCUT2D eigenvalue weighted by atomic mass is 10.00. The first-order valence-electron chi connectivity index (χ1n) is 7.33. The molecule has 2 atom stereocenters. The first-order valence-corrected chi connectivity index (χ1v) is 7.33. The summed E-state index contributed by atoms with van der Waals surface area (Å²) in [5.41, 5.74) is 1.01. The fourth-order valence-corrected chi connectivity index (χ4v) is 2.85. The number of aryl methyl sites for hydroxylation is 1. The first kappa shape index (κ1) is 14.3. The molecule has 0 amide bonds. The van der Waals surface area contributed by atoms with Crippen molar-refractivity contribution < 1.29 is 5.11 Å². The zero-order valence-electron chi connectivity index (χ0n) is 12.2. The van der Waals surface area contributed by atoms with Crippen LogP contribution in [0, 0.1) is 12.8 Å². The van der Waals surface area contributed by atoms with Gasteiger partial charge in [0.2, 0.25) is 0 Å². The van der Waals surface area contributed by atoms with Gasteiger partial charge in [-0.15, -0.1) is 0 Å². The maximum absolute atomic E-state index is 9.12. The van der Waals surface area contributed by atoms with Crippen LogP contribution in [-0.4, -0.2) is 27.7 Å². The maximum atomic E-state index is 9.12. The Morgan fingerprint density at radius 1 is 1.37 bits per heavy atom. The number of aliphatic hydroxyl groups is 1. The van der Waals surface area contributed by atoms with E-state index in [4.69, 9.17) is 5.11 Å². The highest BCUT2D eigenvalue weighted by molar-refractivity contribution is 5.37. The predicted octanol–water partition coefficient (Wildman–Crippen LogP) is 2.87. The second kappa shape index (κ2) is 6.33. The van der Waals surface area contributed by atoms with Crippen LogP contribution >= 0.6 is 0 Å². The van der Waals surface area contributed by atoms with E-state index in [1.54, 1.807) is 0 Å². The summed E-state index contributed by atoms with van der Waals surface area (Å²) in [4.78, 5) is 9.08. The number of hydrogen-bond donors (Lipinski definition) is 2. The molecule has 0 aliphatic heterocycles. The van der Waals surface area contributed by atoms with Crippen molar-refractivity contribution in [1.82, 2.24) is 9.97 Å². The maximum Gasteiger partial charge on any atom is 0.133 e. The van der Waals surface area contributed by atoms with Gasteiger partial charge < -0.3 is 10.4 Å². The molecule has 0 radical (unpaired) electrons. The smallest absolute Gasteiger partial charge is 0.133 e. The Labute approximate surface area is 115 Å². The Morgan fingerprint density at radius 2 is 2.16 bits per heavy atom. The molecule has 1 fully saturated rings. The van der Waals surface area contributed by atoms with Crippen molar-refractivity contribution in [2.75, 3.05) is 11.9 Å². The normalized spacial score (nSPS) is 23.0. The van der Waals surface area contributed by atoms with Gasteiger partial charge in [0.1, 0.15) is 11.6 Å². The topological polar surface area (TPSA) is 58.0 Å². The second-order valence-electron chi connectivity index (χ2n) is 5.86. The van der Waals surface area contributed by atoms with Gasteiger partial charge in [0.05, 0.1) is 0 Å².